The number of sulfonamides is 1. The van der Waals surface area contributed by atoms with Crippen molar-refractivity contribution in [3.63, 3.8) is 0 Å². The molecule has 1 atom stereocenters. The van der Waals surface area contributed by atoms with Crippen LogP contribution in [0.15, 0.2) is 29.2 Å². The molecular weight excluding hydrogens is 385 g/mol. The van der Waals surface area contributed by atoms with Crippen molar-refractivity contribution in [1.82, 2.24) is 14.5 Å². The van der Waals surface area contributed by atoms with Gasteiger partial charge in [0.2, 0.25) is 15.9 Å². The second-order valence-corrected chi connectivity index (χ2v) is 8.76. The minimum atomic E-state index is -3.53. The van der Waals surface area contributed by atoms with Gasteiger partial charge in [-0.05, 0) is 43.3 Å². The lowest BCUT2D eigenvalue weighted by Gasteiger charge is -2.38. The number of benzene rings is 1. The maximum absolute atomic E-state index is 12.6. The van der Waals surface area contributed by atoms with E-state index >= 15 is 0 Å². The molecule has 140 valence electrons. The number of hydrogen-bond acceptors (Lipinski definition) is 4. The first-order valence-corrected chi connectivity index (χ1v) is 9.96. The fourth-order valence-electron chi connectivity index (χ4n) is 3.06. The van der Waals surface area contributed by atoms with Gasteiger partial charge in [0, 0.05) is 37.1 Å². The van der Waals surface area contributed by atoms with Crippen LogP contribution in [0.1, 0.15) is 6.92 Å². The zero-order valence-electron chi connectivity index (χ0n) is 14.0. The van der Waals surface area contributed by atoms with Gasteiger partial charge in [0.15, 0.2) is 0 Å². The predicted octanol–water partition coefficient (Wildman–Crippen LogP) is 1.45. The van der Waals surface area contributed by atoms with Gasteiger partial charge in [0.1, 0.15) is 0 Å². The molecule has 0 saturated carbocycles. The van der Waals surface area contributed by atoms with Crippen LogP contribution < -0.4 is 5.32 Å². The molecule has 1 aromatic carbocycles. The summed E-state index contributed by atoms with van der Waals surface area (Å²) in [7, 11) is -3.53. The smallest absolute Gasteiger partial charge is 0.243 e. The number of hydrogen-bond donors (Lipinski definition) is 1. The number of halogens is 2. The van der Waals surface area contributed by atoms with Gasteiger partial charge in [0.25, 0.3) is 0 Å². The first kappa shape index (κ1) is 20.5. The van der Waals surface area contributed by atoms with Gasteiger partial charge in [-0.25, -0.2) is 8.42 Å². The van der Waals surface area contributed by atoms with Crippen molar-refractivity contribution in [3.8, 4) is 0 Å². The van der Waals surface area contributed by atoms with Gasteiger partial charge in [-0.15, -0.1) is 12.4 Å². The quantitative estimate of drug-likeness (QED) is 0.819. The predicted molar refractivity (Wildman–Crippen MR) is 99.6 cm³/mol. The minimum absolute atomic E-state index is 0. The molecule has 6 nitrogen and oxygen atoms in total. The van der Waals surface area contributed by atoms with Crippen molar-refractivity contribution in [2.45, 2.75) is 11.8 Å². The van der Waals surface area contributed by atoms with Crippen molar-refractivity contribution >= 4 is 39.9 Å². The van der Waals surface area contributed by atoms with Gasteiger partial charge >= 0.3 is 0 Å². The fourth-order valence-corrected chi connectivity index (χ4v) is 4.61. The van der Waals surface area contributed by atoms with Crippen LogP contribution in [0.2, 0.25) is 5.02 Å². The van der Waals surface area contributed by atoms with Crippen LogP contribution in [0.3, 0.4) is 0 Å². The molecule has 1 unspecified atom stereocenters. The lowest BCUT2D eigenvalue weighted by Crippen LogP contribution is -2.55. The Morgan fingerprint density at radius 2 is 1.72 bits per heavy atom. The van der Waals surface area contributed by atoms with E-state index in [1.807, 2.05) is 6.92 Å². The van der Waals surface area contributed by atoms with E-state index in [1.54, 1.807) is 17.0 Å². The monoisotopic (exact) mass is 407 g/mol. The molecule has 25 heavy (non-hydrogen) atoms. The Morgan fingerprint density at radius 1 is 1.16 bits per heavy atom. The molecule has 1 amide bonds. The first-order valence-electron chi connectivity index (χ1n) is 8.15. The molecule has 0 spiro atoms. The molecule has 0 aliphatic carbocycles. The third-order valence-corrected chi connectivity index (χ3v) is 7.08. The van der Waals surface area contributed by atoms with E-state index in [1.165, 1.54) is 16.4 Å². The molecule has 3 rings (SSSR count). The van der Waals surface area contributed by atoms with Gasteiger partial charge < -0.3 is 10.2 Å². The van der Waals surface area contributed by atoms with E-state index in [0.29, 0.717) is 37.1 Å². The Morgan fingerprint density at radius 3 is 2.20 bits per heavy atom. The summed E-state index contributed by atoms with van der Waals surface area (Å²) in [5, 5.41) is 3.68. The Bertz CT molecular complexity index is 700. The number of carbonyl (C=O) groups excluding carboxylic acids is 1. The Labute approximate surface area is 160 Å². The Hall–Kier alpha value is -0.860. The summed E-state index contributed by atoms with van der Waals surface area (Å²) in [6.07, 6.45) is 0. The second-order valence-electron chi connectivity index (χ2n) is 6.39. The van der Waals surface area contributed by atoms with E-state index < -0.39 is 10.0 Å². The summed E-state index contributed by atoms with van der Waals surface area (Å²) >= 11 is 5.82. The molecule has 9 heteroatoms. The molecule has 0 aromatic heterocycles. The Balaban J connectivity index is 0.00000225. The number of nitrogens with zero attached hydrogens (tertiary/aromatic N) is 2. The summed E-state index contributed by atoms with van der Waals surface area (Å²) in [6, 6.07) is 6.17. The number of carbonyl (C=O) groups is 1. The molecular formula is C16H23Cl2N3O3S. The zero-order valence-corrected chi connectivity index (χ0v) is 16.4. The number of nitrogens with one attached hydrogen (secondary N) is 1. The van der Waals surface area contributed by atoms with E-state index in [-0.39, 0.29) is 29.1 Å². The summed E-state index contributed by atoms with van der Waals surface area (Å²) in [5.74, 6) is 0.518. The molecule has 2 aliphatic heterocycles. The van der Waals surface area contributed by atoms with Gasteiger partial charge in [-0.1, -0.05) is 18.5 Å². The zero-order chi connectivity index (χ0) is 17.3. The highest BCUT2D eigenvalue weighted by Crippen LogP contribution is 2.22. The second kappa shape index (κ2) is 8.22. The highest BCUT2D eigenvalue weighted by Gasteiger charge is 2.35. The van der Waals surface area contributed by atoms with E-state index in [4.69, 9.17) is 11.6 Å². The van der Waals surface area contributed by atoms with Crippen LogP contribution in [-0.4, -0.2) is 62.8 Å². The van der Waals surface area contributed by atoms with Crippen LogP contribution in [0, 0.1) is 11.8 Å². The van der Waals surface area contributed by atoms with E-state index in [2.05, 4.69) is 5.32 Å². The normalized spacial score (nSPS) is 20.5. The fraction of sp³-hybridized carbons (Fsp3) is 0.562. The maximum atomic E-state index is 12.6. The minimum Gasteiger partial charge on any atom is -0.340 e. The van der Waals surface area contributed by atoms with E-state index in [9.17, 15) is 13.2 Å². The van der Waals surface area contributed by atoms with Crippen LogP contribution in [0.25, 0.3) is 0 Å². The van der Waals surface area contributed by atoms with Crippen molar-refractivity contribution in [1.29, 1.82) is 0 Å². The molecule has 2 aliphatic rings. The first-order chi connectivity index (χ1) is 11.4. The summed E-state index contributed by atoms with van der Waals surface area (Å²) in [4.78, 5) is 14.5. The number of amides is 1. The van der Waals surface area contributed by atoms with Crippen LogP contribution in [-0.2, 0) is 14.8 Å². The van der Waals surface area contributed by atoms with E-state index in [0.717, 1.165) is 13.1 Å². The van der Waals surface area contributed by atoms with Crippen LogP contribution >= 0.6 is 24.0 Å². The van der Waals surface area contributed by atoms with Crippen molar-refractivity contribution < 1.29 is 13.2 Å². The van der Waals surface area contributed by atoms with Crippen molar-refractivity contribution in [2.24, 2.45) is 11.8 Å². The lowest BCUT2D eigenvalue weighted by atomic mass is 9.88. The van der Waals surface area contributed by atoms with Crippen LogP contribution in [0.5, 0.6) is 0 Å². The van der Waals surface area contributed by atoms with Gasteiger partial charge in [0.05, 0.1) is 4.90 Å². The lowest BCUT2D eigenvalue weighted by molar-refractivity contribution is -0.138. The molecule has 0 bridgehead atoms. The molecule has 0 radical (unpaired) electrons. The Kier molecular flexibility index (Phi) is 6.73. The standard InChI is InChI=1S/C16H22ClN3O3S.ClH/c1-12(13-10-18-11-13)16(21)19-6-8-20(9-7-19)24(22,23)15-4-2-14(17)3-5-15;/h2-5,12-13,18H,6-11H2,1H3;1H. The molecule has 2 heterocycles. The largest absolute Gasteiger partial charge is 0.340 e. The third kappa shape index (κ3) is 4.28. The summed E-state index contributed by atoms with van der Waals surface area (Å²) in [6.45, 7) is 5.27. The average Bonchev–Trinajstić information content (AvgIpc) is 2.53. The molecule has 1 N–H and O–H groups in total. The molecule has 1 aromatic rings. The highest BCUT2D eigenvalue weighted by molar-refractivity contribution is 7.89. The van der Waals surface area contributed by atoms with Crippen molar-refractivity contribution in [3.05, 3.63) is 29.3 Å². The topological polar surface area (TPSA) is 69.7 Å². The molecule has 2 saturated heterocycles. The van der Waals surface area contributed by atoms with Crippen molar-refractivity contribution in [2.75, 3.05) is 39.3 Å². The summed E-state index contributed by atoms with van der Waals surface area (Å²) in [5.41, 5.74) is 0. The number of piperazine rings is 1. The van der Waals surface area contributed by atoms with Gasteiger partial charge in [-0.2, -0.15) is 4.31 Å². The van der Waals surface area contributed by atoms with Crippen LogP contribution in [0.4, 0.5) is 0 Å². The van der Waals surface area contributed by atoms with Gasteiger partial charge in [-0.3, -0.25) is 4.79 Å². The maximum Gasteiger partial charge on any atom is 0.243 e. The average molecular weight is 408 g/mol. The molecule has 2 fully saturated rings. The highest BCUT2D eigenvalue weighted by atomic mass is 35.5. The summed E-state index contributed by atoms with van der Waals surface area (Å²) < 4.78 is 26.7. The third-order valence-electron chi connectivity index (χ3n) is 4.91. The number of rotatable bonds is 4. The SMILES string of the molecule is CC(C(=O)N1CCN(S(=O)(=O)c2ccc(Cl)cc2)CC1)C1CNC1.Cl.